The number of rotatable bonds is 2. The van der Waals surface area contributed by atoms with E-state index in [1.165, 1.54) is 18.4 Å². The first-order chi connectivity index (χ1) is 6.61. The lowest BCUT2D eigenvalue weighted by Crippen LogP contribution is -1.98. The maximum Gasteiger partial charge on any atom is 0.127 e. The van der Waals surface area contributed by atoms with Gasteiger partial charge in [0, 0.05) is 10.4 Å². The summed E-state index contributed by atoms with van der Waals surface area (Å²) in [7, 11) is 0. The molecule has 2 rings (SSSR count). The molecule has 2 heteroatoms. The van der Waals surface area contributed by atoms with Crippen LogP contribution in [0.5, 0.6) is 0 Å². The molecule has 1 fully saturated rings. The maximum absolute atomic E-state index is 13.5. The van der Waals surface area contributed by atoms with Crippen LogP contribution in [-0.2, 0) is 0 Å². The lowest BCUT2D eigenvalue weighted by atomic mass is 9.97. The lowest BCUT2D eigenvalue weighted by Gasteiger charge is -2.13. The molecule has 1 aliphatic carbocycles. The van der Waals surface area contributed by atoms with E-state index < -0.39 is 0 Å². The summed E-state index contributed by atoms with van der Waals surface area (Å²) in [6.07, 6.45) is 2.53. The molecule has 0 saturated heterocycles. The van der Waals surface area contributed by atoms with Crippen LogP contribution in [0.1, 0.15) is 47.2 Å². The van der Waals surface area contributed by atoms with Gasteiger partial charge in [-0.25, -0.2) is 4.39 Å². The summed E-state index contributed by atoms with van der Waals surface area (Å²) in [5.74, 6) is 0.608. The Morgan fingerprint density at radius 1 is 1.43 bits per heavy atom. The van der Waals surface area contributed by atoms with Crippen LogP contribution < -0.4 is 0 Å². The largest absolute Gasteiger partial charge is 0.207 e. The fourth-order valence-electron chi connectivity index (χ4n) is 2.04. The van der Waals surface area contributed by atoms with Gasteiger partial charge in [-0.15, -0.1) is 0 Å². The van der Waals surface area contributed by atoms with Crippen molar-refractivity contribution in [1.29, 1.82) is 0 Å². The number of hydrogen-bond acceptors (Lipinski definition) is 0. The van der Waals surface area contributed by atoms with Crippen molar-refractivity contribution >= 4 is 15.9 Å². The lowest BCUT2D eigenvalue weighted by molar-refractivity contribution is 0.608. The van der Waals surface area contributed by atoms with E-state index in [9.17, 15) is 4.39 Å². The molecule has 1 aliphatic rings. The van der Waals surface area contributed by atoms with Crippen molar-refractivity contribution < 1.29 is 4.39 Å². The summed E-state index contributed by atoms with van der Waals surface area (Å²) in [4.78, 5) is 0.0983. The SMILES string of the molecule is Cc1c(C2CC2)ccc(F)c1C(C)Br. The normalized spacial score (nSPS) is 18.3. The molecule has 1 saturated carbocycles. The Labute approximate surface area is 92.6 Å². The zero-order valence-electron chi connectivity index (χ0n) is 8.48. The average molecular weight is 257 g/mol. The Morgan fingerprint density at radius 3 is 2.57 bits per heavy atom. The first-order valence-electron chi connectivity index (χ1n) is 5.04. The number of halogens is 2. The van der Waals surface area contributed by atoms with Gasteiger partial charge in [-0.05, 0) is 49.8 Å². The Balaban J connectivity index is 2.50. The second-order valence-electron chi connectivity index (χ2n) is 4.07. The van der Waals surface area contributed by atoms with E-state index >= 15 is 0 Å². The maximum atomic E-state index is 13.5. The van der Waals surface area contributed by atoms with Gasteiger partial charge in [-0.3, -0.25) is 0 Å². The summed E-state index contributed by atoms with van der Waals surface area (Å²) in [5.41, 5.74) is 3.30. The molecule has 0 aromatic heterocycles. The smallest absolute Gasteiger partial charge is 0.127 e. The molecule has 0 bridgehead atoms. The zero-order chi connectivity index (χ0) is 10.3. The molecule has 0 N–H and O–H groups in total. The van der Waals surface area contributed by atoms with Gasteiger partial charge in [0.25, 0.3) is 0 Å². The highest BCUT2D eigenvalue weighted by molar-refractivity contribution is 9.09. The van der Waals surface area contributed by atoms with E-state index in [4.69, 9.17) is 0 Å². The van der Waals surface area contributed by atoms with Crippen LogP contribution in [0, 0.1) is 12.7 Å². The highest BCUT2D eigenvalue weighted by atomic mass is 79.9. The third-order valence-corrected chi connectivity index (χ3v) is 3.38. The van der Waals surface area contributed by atoms with Gasteiger partial charge in [0.1, 0.15) is 5.82 Å². The molecule has 0 amide bonds. The predicted molar refractivity (Wildman–Crippen MR) is 60.5 cm³/mol. The van der Waals surface area contributed by atoms with E-state index in [-0.39, 0.29) is 10.6 Å². The Morgan fingerprint density at radius 2 is 2.07 bits per heavy atom. The van der Waals surface area contributed by atoms with Crippen molar-refractivity contribution in [1.82, 2.24) is 0 Å². The molecule has 0 radical (unpaired) electrons. The topological polar surface area (TPSA) is 0 Å². The van der Waals surface area contributed by atoms with Crippen LogP contribution in [0.15, 0.2) is 12.1 Å². The standard InChI is InChI=1S/C12H14BrF/c1-7-10(9-3-4-9)5-6-11(14)12(7)8(2)13/h5-6,8-9H,3-4H2,1-2H3. The van der Waals surface area contributed by atoms with Crippen LogP contribution >= 0.6 is 15.9 Å². The van der Waals surface area contributed by atoms with Crippen molar-refractivity contribution in [2.45, 2.75) is 37.4 Å². The minimum atomic E-state index is -0.0868. The van der Waals surface area contributed by atoms with Gasteiger partial charge in [-0.1, -0.05) is 22.0 Å². The zero-order valence-corrected chi connectivity index (χ0v) is 10.1. The first kappa shape index (κ1) is 10.2. The van der Waals surface area contributed by atoms with Crippen molar-refractivity contribution in [3.8, 4) is 0 Å². The number of benzene rings is 1. The monoisotopic (exact) mass is 256 g/mol. The van der Waals surface area contributed by atoms with E-state index in [1.807, 2.05) is 19.9 Å². The van der Waals surface area contributed by atoms with Gasteiger partial charge < -0.3 is 0 Å². The first-order valence-corrected chi connectivity index (χ1v) is 5.95. The van der Waals surface area contributed by atoms with Crippen molar-refractivity contribution in [2.75, 3.05) is 0 Å². The Hall–Kier alpha value is -0.370. The average Bonchev–Trinajstić information content (AvgIpc) is 2.86. The molecular weight excluding hydrogens is 243 g/mol. The van der Waals surface area contributed by atoms with Gasteiger partial charge in [-0.2, -0.15) is 0 Å². The minimum Gasteiger partial charge on any atom is -0.207 e. The highest BCUT2D eigenvalue weighted by Crippen LogP contribution is 2.43. The van der Waals surface area contributed by atoms with E-state index in [0.717, 1.165) is 11.1 Å². The Bertz CT molecular complexity index is 354. The molecule has 0 nitrogen and oxygen atoms in total. The summed E-state index contributed by atoms with van der Waals surface area (Å²) in [6.45, 7) is 4.01. The van der Waals surface area contributed by atoms with E-state index in [2.05, 4.69) is 15.9 Å². The molecule has 0 heterocycles. The molecule has 76 valence electrons. The molecule has 1 atom stereocenters. The summed E-state index contributed by atoms with van der Waals surface area (Å²) in [5, 5.41) is 0. The molecule has 0 spiro atoms. The second kappa shape index (κ2) is 3.65. The van der Waals surface area contributed by atoms with E-state index in [0.29, 0.717) is 5.92 Å². The van der Waals surface area contributed by atoms with Crippen LogP contribution in [0.2, 0.25) is 0 Å². The molecule has 1 aromatic carbocycles. The summed E-state index contributed by atoms with van der Waals surface area (Å²) in [6, 6.07) is 3.55. The van der Waals surface area contributed by atoms with Crippen LogP contribution in [0.25, 0.3) is 0 Å². The molecule has 1 unspecified atom stereocenters. The number of hydrogen-bond donors (Lipinski definition) is 0. The van der Waals surface area contributed by atoms with Crippen molar-refractivity contribution in [3.63, 3.8) is 0 Å². The van der Waals surface area contributed by atoms with E-state index in [1.54, 1.807) is 6.07 Å². The van der Waals surface area contributed by atoms with Crippen molar-refractivity contribution in [2.24, 2.45) is 0 Å². The summed E-state index contributed by atoms with van der Waals surface area (Å²) >= 11 is 3.45. The fourth-order valence-corrected chi connectivity index (χ4v) is 2.60. The minimum absolute atomic E-state index is 0.0868. The quantitative estimate of drug-likeness (QED) is 0.686. The molecule has 0 aliphatic heterocycles. The van der Waals surface area contributed by atoms with Crippen LogP contribution in [0.4, 0.5) is 4.39 Å². The predicted octanol–water partition coefficient (Wildman–Crippen LogP) is 4.47. The van der Waals surface area contributed by atoms with Gasteiger partial charge in [0.05, 0.1) is 0 Å². The number of alkyl halides is 1. The third-order valence-electron chi connectivity index (χ3n) is 2.92. The molecule has 1 aromatic rings. The highest BCUT2D eigenvalue weighted by Gasteiger charge is 2.27. The molecular formula is C12H14BrF. The van der Waals surface area contributed by atoms with Crippen LogP contribution in [0.3, 0.4) is 0 Å². The fraction of sp³-hybridized carbons (Fsp3) is 0.500. The van der Waals surface area contributed by atoms with Crippen LogP contribution in [-0.4, -0.2) is 0 Å². The Kier molecular flexibility index (Phi) is 2.65. The van der Waals surface area contributed by atoms with Gasteiger partial charge >= 0.3 is 0 Å². The molecule has 14 heavy (non-hydrogen) atoms. The van der Waals surface area contributed by atoms with Gasteiger partial charge in [0.15, 0.2) is 0 Å². The summed E-state index contributed by atoms with van der Waals surface area (Å²) < 4.78 is 13.5. The third kappa shape index (κ3) is 1.72. The van der Waals surface area contributed by atoms with Crippen molar-refractivity contribution in [3.05, 3.63) is 34.6 Å². The second-order valence-corrected chi connectivity index (χ2v) is 5.44. The van der Waals surface area contributed by atoms with Gasteiger partial charge in [0.2, 0.25) is 0 Å².